The van der Waals surface area contributed by atoms with Crippen molar-refractivity contribution in [3.05, 3.63) is 0 Å². The van der Waals surface area contributed by atoms with Crippen molar-refractivity contribution in [1.82, 2.24) is 0 Å². The lowest BCUT2D eigenvalue weighted by Gasteiger charge is -2.37. The Labute approximate surface area is 89.5 Å². The minimum Gasteiger partial charge on any atom is -0.0651 e. The lowest BCUT2D eigenvalue weighted by molar-refractivity contribution is 0.121. The second-order valence-electron chi connectivity index (χ2n) is 6.24. The largest absolute Gasteiger partial charge is 0.0651 e. The highest BCUT2D eigenvalue weighted by Crippen LogP contribution is 2.79. The molecule has 82 valence electrons. The Balaban J connectivity index is 2.30. The van der Waals surface area contributed by atoms with Gasteiger partial charge in [-0.3, -0.25) is 0 Å². The van der Waals surface area contributed by atoms with Crippen LogP contribution in [0.4, 0.5) is 0 Å². The summed E-state index contributed by atoms with van der Waals surface area (Å²) in [7, 11) is 0. The third kappa shape index (κ3) is 0.955. The monoisotopic (exact) mass is 194 g/mol. The Kier molecular flexibility index (Phi) is 2.25. The Morgan fingerprint density at radius 2 is 1.79 bits per heavy atom. The molecule has 0 heteroatoms. The standard InChI is InChI=1S/C14H26/c1-6-11-10(3)8-9-12-13(4,5)14(11,12)7-2/h10-12H,6-9H2,1-5H3. The molecule has 0 aromatic carbocycles. The van der Waals surface area contributed by atoms with Crippen molar-refractivity contribution in [3.8, 4) is 0 Å². The van der Waals surface area contributed by atoms with Crippen LogP contribution in [0.15, 0.2) is 0 Å². The van der Waals surface area contributed by atoms with Crippen LogP contribution in [0.3, 0.4) is 0 Å². The summed E-state index contributed by atoms with van der Waals surface area (Å²) < 4.78 is 0. The topological polar surface area (TPSA) is 0 Å². The lowest BCUT2D eigenvalue weighted by Crippen LogP contribution is -2.29. The SMILES string of the molecule is CCC1C(C)CCC2C(C)(C)C12CC. The van der Waals surface area contributed by atoms with Gasteiger partial charge in [-0.2, -0.15) is 0 Å². The molecule has 4 unspecified atom stereocenters. The smallest absolute Gasteiger partial charge is 0.0182 e. The van der Waals surface area contributed by atoms with Crippen LogP contribution in [0.25, 0.3) is 0 Å². The van der Waals surface area contributed by atoms with Crippen LogP contribution < -0.4 is 0 Å². The maximum atomic E-state index is 2.52. The molecule has 14 heavy (non-hydrogen) atoms. The molecular formula is C14H26. The molecule has 0 aromatic heterocycles. The summed E-state index contributed by atoms with van der Waals surface area (Å²) in [4.78, 5) is 0. The van der Waals surface area contributed by atoms with Gasteiger partial charge in [-0.15, -0.1) is 0 Å². The highest BCUT2D eigenvalue weighted by molar-refractivity contribution is 5.21. The second-order valence-corrected chi connectivity index (χ2v) is 6.24. The van der Waals surface area contributed by atoms with E-state index in [1.54, 1.807) is 0 Å². The normalized spacial score (nSPS) is 49.9. The van der Waals surface area contributed by atoms with Crippen LogP contribution in [0.5, 0.6) is 0 Å². The van der Waals surface area contributed by atoms with Crippen LogP contribution >= 0.6 is 0 Å². The van der Waals surface area contributed by atoms with Crippen molar-refractivity contribution in [2.75, 3.05) is 0 Å². The van der Waals surface area contributed by atoms with Gasteiger partial charge in [-0.05, 0) is 41.4 Å². The van der Waals surface area contributed by atoms with Gasteiger partial charge in [0.1, 0.15) is 0 Å². The molecule has 0 spiro atoms. The van der Waals surface area contributed by atoms with E-state index >= 15 is 0 Å². The first-order chi connectivity index (χ1) is 6.52. The minimum atomic E-state index is 0.646. The van der Waals surface area contributed by atoms with E-state index < -0.39 is 0 Å². The number of fused-ring (bicyclic) bond motifs is 1. The first-order valence-corrected chi connectivity index (χ1v) is 6.52. The molecule has 0 radical (unpaired) electrons. The van der Waals surface area contributed by atoms with Crippen LogP contribution in [-0.4, -0.2) is 0 Å². The molecule has 0 nitrogen and oxygen atoms in total. The zero-order valence-corrected chi connectivity index (χ0v) is 10.6. The lowest BCUT2D eigenvalue weighted by atomic mass is 9.68. The fraction of sp³-hybridized carbons (Fsp3) is 1.00. The van der Waals surface area contributed by atoms with Crippen LogP contribution in [0, 0.1) is 28.6 Å². The van der Waals surface area contributed by atoms with Crippen LogP contribution in [0.1, 0.15) is 60.3 Å². The first-order valence-electron chi connectivity index (χ1n) is 6.52. The van der Waals surface area contributed by atoms with Crippen LogP contribution in [0.2, 0.25) is 0 Å². The zero-order valence-electron chi connectivity index (χ0n) is 10.6. The predicted octanol–water partition coefficient (Wildman–Crippen LogP) is 4.49. The molecule has 0 bridgehead atoms. The van der Waals surface area contributed by atoms with Gasteiger partial charge in [0.25, 0.3) is 0 Å². The Morgan fingerprint density at radius 1 is 1.14 bits per heavy atom. The molecule has 0 saturated heterocycles. The summed E-state index contributed by atoms with van der Waals surface area (Å²) in [6.07, 6.45) is 5.79. The fourth-order valence-corrected chi connectivity index (χ4v) is 5.23. The van der Waals surface area contributed by atoms with E-state index in [-0.39, 0.29) is 0 Å². The van der Waals surface area contributed by atoms with Crippen molar-refractivity contribution in [1.29, 1.82) is 0 Å². The molecular weight excluding hydrogens is 168 g/mol. The van der Waals surface area contributed by atoms with Gasteiger partial charge < -0.3 is 0 Å². The Morgan fingerprint density at radius 3 is 2.21 bits per heavy atom. The van der Waals surface area contributed by atoms with E-state index in [0.29, 0.717) is 5.41 Å². The van der Waals surface area contributed by atoms with E-state index in [1.165, 1.54) is 25.7 Å². The number of hydrogen-bond donors (Lipinski definition) is 0. The molecule has 0 aliphatic heterocycles. The van der Waals surface area contributed by atoms with Gasteiger partial charge in [-0.1, -0.05) is 47.5 Å². The number of hydrogen-bond acceptors (Lipinski definition) is 0. The third-order valence-electron chi connectivity index (χ3n) is 5.89. The molecule has 2 rings (SSSR count). The van der Waals surface area contributed by atoms with Gasteiger partial charge in [0, 0.05) is 0 Å². The van der Waals surface area contributed by atoms with Gasteiger partial charge >= 0.3 is 0 Å². The van der Waals surface area contributed by atoms with Crippen molar-refractivity contribution in [2.24, 2.45) is 28.6 Å². The molecule has 2 saturated carbocycles. The summed E-state index contributed by atoms with van der Waals surface area (Å²) in [5.74, 6) is 3.01. The van der Waals surface area contributed by atoms with Crippen molar-refractivity contribution >= 4 is 0 Å². The quantitative estimate of drug-likeness (QED) is 0.607. The van der Waals surface area contributed by atoms with Crippen molar-refractivity contribution in [3.63, 3.8) is 0 Å². The molecule has 4 atom stereocenters. The summed E-state index contributed by atoms with van der Waals surface area (Å²) in [5.41, 5.74) is 1.37. The van der Waals surface area contributed by atoms with Gasteiger partial charge in [0.2, 0.25) is 0 Å². The maximum Gasteiger partial charge on any atom is -0.0182 e. The molecule has 0 aromatic rings. The summed E-state index contributed by atoms with van der Waals surface area (Å²) >= 11 is 0. The molecule has 2 fully saturated rings. The highest BCUT2D eigenvalue weighted by Gasteiger charge is 2.73. The van der Waals surface area contributed by atoms with Crippen molar-refractivity contribution in [2.45, 2.75) is 60.3 Å². The average molecular weight is 194 g/mol. The van der Waals surface area contributed by atoms with Crippen molar-refractivity contribution < 1.29 is 0 Å². The summed E-state index contributed by atoms with van der Waals surface area (Å²) in [6, 6.07) is 0. The fourth-order valence-electron chi connectivity index (χ4n) is 5.23. The average Bonchev–Trinajstić information content (AvgIpc) is 2.64. The predicted molar refractivity (Wildman–Crippen MR) is 62.2 cm³/mol. The maximum absolute atomic E-state index is 2.52. The minimum absolute atomic E-state index is 0.646. The van der Waals surface area contributed by atoms with Gasteiger partial charge in [-0.25, -0.2) is 0 Å². The second kappa shape index (κ2) is 3.00. The van der Waals surface area contributed by atoms with Gasteiger partial charge in [0.15, 0.2) is 0 Å². The molecule has 0 amide bonds. The Hall–Kier alpha value is 0. The summed E-state index contributed by atoms with van der Waals surface area (Å²) in [6.45, 7) is 12.3. The highest BCUT2D eigenvalue weighted by atomic mass is 14.8. The molecule has 0 N–H and O–H groups in total. The molecule has 0 heterocycles. The first kappa shape index (κ1) is 10.5. The molecule has 2 aliphatic rings. The third-order valence-corrected chi connectivity index (χ3v) is 5.89. The molecule has 2 aliphatic carbocycles. The number of rotatable bonds is 2. The van der Waals surface area contributed by atoms with E-state index in [4.69, 9.17) is 0 Å². The van der Waals surface area contributed by atoms with E-state index in [1.807, 2.05) is 0 Å². The van der Waals surface area contributed by atoms with E-state index in [9.17, 15) is 0 Å². The zero-order chi connectivity index (χ0) is 10.6. The van der Waals surface area contributed by atoms with Gasteiger partial charge in [0.05, 0.1) is 0 Å². The van der Waals surface area contributed by atoms with Crippen LogP contribution in [-0.2, 0) is 0 Å². The Bertz CT molecular complexity index is 228. The summed E-state index contributed by atoms with van der Waals surface area (Å²) in [5, 5.41) is 0. The van der Waals surface area contributed by atoms with E-state index in [0.717, 1.165) is 23.2 Å². The van der Waals surface area contributed by atoms with E-state index in [2.05, 4.69) is 34.6 Å².